The Hall–Kier alpha value is -0.610. The average Bonchev–Trinajstić information content (AvgIpc) is 2.21. The minimum atomic E-state index is -0.396. The normalized spacial score (nSPS) is 12.9. The number of unbranched alkanes of at least 4 members (excludes halogenated alkanes) is 2. The van der Waals surface area contributed by atoms with Crippen molar-refractivity contribution < 1.29 is 9.90 Å². The zero-order valence-electron chi connectivity index (χ0n) is 10.1. The SMILES string of the molecule is CC(C)[C@H](N)C(=O)N(C)CCCCCO. The van der Waals surface area contributed by atoms with Crippen LogP contribution in [0.3, 0.4) is 0 Å². The summed E-state index contributed by atoms with van der Waals surface area (Å²) in [6.45, 7) is 4.84. The number of carbonyl (C=O) groups is 1. The Kier molecular flexibility index (Phi) is 7.34. The maximum atomic E-state index is 11.7. The quantitative estimate of drug-likeness (QED) is 0.612. The second kappa shape index (κ2) is 7.65. The summed E-state index contributed by atoms with van der Waals surface area (Å²) in [6, 6.07) is -0.396. The maximum Gasteiger partial charge on any atom is 0.239 e. The van der Waals surface area contributed by atoms with Gasteiger partial charge in [-0.25, -0.2) is 0 Å². The number of amides is 1. The molecule has 0 aliphatic heterocycles. The van der Waals surface area contributed by atoms with Crippen molar-refractivity contribution in [3.8, 4) is 0 Å². The highest BCUT2D eigenvalue weighted by Gasteiger charge is 2.20. The number of nitrogens with two attached hydrogens (primary N) is 1. The molecule has 0 radical (unpaired) electrons. The summed E-state index contributed by atoms with van der Waals surface area (Å²) < 4.78 is 0. The van der Waals surface area contributed by atoms with Gasteiger partial charge in [0.1, 0.15) is 0 Å². The van der Waals surface area contributed by atoms with Gasteiger partial charge in [0, 0.05) is 20.2 Å². The van der Waals surface area contributed by atoms with E-state index in [0.717, 1.165) is 25.8 Å². The van der Waals surface area contributed by atoms with Crippen molar-refractivity contribution in [2.75, 3.05) is 20.2 Å². The molecule has 3 N–H and O–H groups in total. The van der Waals surface area contributed by atoms with Crippen LogP contribution < -0.4 is 5.73 Å². The molecule has 0 unspecified atom stereocenters. The first-order chi connectivity index (χ1) is 7.00. The van der Waals surface area contributed by atoms with E-state index in [1.165, 1.54) is 0 Å². The van der Waals surface area contributed by atoms with Gasteiger partial charge in [0.2, 0.25) is 5.91 Å². The molecule has 4 heteroatoms. The van der Waals surface area contributed by atoms with Crippen LogP contribution in [-0.2, 0) is 4.79 Å². The molecule has 1 atom stereocenters. The van der Waals surface area contributed by atoms with Crippen molar-refractivity contribution in [2.45, 2.75) is 39.2 Å². The highest BCUT2D eigenvalue weighted by molar-refractivity contribution is 5.81. The standard InChI is InChI=1S/C11H24N2O2/c1-9(2)10(12)11(15)13(3)7-5-4-6-8-14/h9-10,14H,4-8,12H2,1-3H3/t10-/m0/s1. The van der Waals surface area contributed by atoms with Crippen molar-refractivity contribution in [2.24, 2.45) is 11.7 Å². The third-order valence-corrected chi connectivity index (χ3v) is 2.53. The molecule has 90 valence electrons. The summed E-state index contributed by atoms with van der Waals surface area (Å²) in [5.74, 6) is 0.186. The number of likely N-dealkylation sites (N-methyl/N-ethyl adjacent to an activating group) is 1. The van der Waals surface area contributed by atoms with Crippen LogP contribution in [0.15, 0.2) is 0 Å². The van der Waals surface area contributed by atoms with Crippen LogP contribution in [0.4, 0.5) is 0 Å². The van der Waals surface area contributed by atoms with Crippen LogP contribution in [0.1, 0.15) is 33.1 Å². The number of aliphatic hydroxyl groups excluding tert-OH is 1. The van der Waals surface area contributed by atoms with Gasteiger partial charge in [-0.05, 0) is 25.2 Å². The lowest BCUT2D eigenvalue weighted by molar-refractivity contribution is -0.132. The number of aliphatic hydroxyl groups is 1. The van der Waals surface area contributed by atoms with Gasteiger partial charge in [0.15, 0.2) is 0 Å². The van der Waals surface area contributed by atoms with Gasteiger partial charge in [0.25, 0.3) is 0 Å². The first-order valence-electron chi connectivity index (χ1n) is 5.62. The molecule has 0 aromatic rings. The molecule has 15 heavy (non-hydrogen) atoms. The van der Waals surface area contributed by atoms with Crippen LogP contribution >= 0.6 is 0 Å². The number of carbonyl (C=O) groups excluding carboxylic acids is 1. The van der Waals surface area contributed by atoms with E-state index in [0.29, 0.717) is 0 Å². The van der Waals surface area contributed by atoms with E-state index < -0.39 is 6.04 Å². The van der Waals surface area contributed by atoms with Crippen LogP contribution in [0, 0.1) is 5.92 Å². The number of hydrogen-bond acceptors (Lipinski definition) is 3. The molecule has 0 bridgehead atoms. The van der Waals surface area contributed by atoms with E-state index >= 15 is 0 Å². The molecule has 0 saturated carbocycles. The van der Waals surface area contributed by atoms with Gasteiger partial charge in [-0.15, -0.1) is 0 Å². The minimum absolute atomic E-state index is 0.00833. The van der Waals surface area contributed by atoms with Crippen LogP contribution in [-0.4, -0.2) is 42.2 Å². The molecular weight excluding hydrogens is 192 g/mol. The van der Waals surface area contributed by atoms with Gasteiger partial charge in [-0.1, -0.05) is 13.8 Å². The lowest BCUT2D eigenvalue weighted by Gasteiger charge is -2.23. The Morgan fingerprint density at radius 1 is 1.33 bits per heavy atom. The third-order valence-electron chi connectivity index (χ3n) is 2.53. The van der Waals surface area contributed by atoms with Gasteiger partial charge < -0.3 is 15.7 Å². The predicted octanol–water partition coefficient (Wildman–Crippen LogP) is 0.591. The lowest BCUT2D eigenvalue weighted by Crippen LogP contribution is -2.45. The van der Waals surface area contributed by atoms with Crippen molar-refractivity contribution >= 4 is 5.91 Å². The van der Waals surface area contributed by atoms with Crippen molar-refractivity contribution in [1.82, 2.24) is 4.90 Å². The molecule has 0 spiro atoms. The predicted molar refractivity (Wildman–Crippen MR) is 61.4 cm³/mol. The largest absolute Gasteiger partial charge is 0.396 e. The van der Waals surface area contributed by atoms with Gasteiger partial charge in [0.05, 0.1) is 6.04 Å². The Bertz CT molecular complexity index is 183. The maximum absolute atomic E-state index is 11.7. The molecule has 1 amide bonds. The smallest absolute Gasteiger partial charge is 0.239 e. The van der Waals surface area contributed by atoms with Crippen molar-refractivity contribution in [1.29, 1.82) is 0 Å². The zero-order valence-corrected chi connectivity index (χ0v) is 10.1. The lowest BCUT2D eigenvalue weighted by atomic mass is 10.0. The van der Waals surface area contributed by atoms with Crippen LogP contribution in [0.25, 0.3) is 0 Å². The molecular formula is C11H24N2O2. The summed E-state index contributed by atoms with van der Waals surface area (Å²) in [4.78, 5) is 13.4. The zero-order chi connectivity index (χ0) is 11.8. The van der Waals surface area contributed by atoms with E-state index in [2.05, 4.69) is 0 Å². The van der Waals surface area contributed by atoms with E-state index in [1.54, 1.807) is 11.9 Å². The molecule has 0 heterocycles. The summed E-state index contributed by atoms with van der Waals surface area (Å²) in [6.07, 6.45) is 2.68. The van der Waals surface area contributed by atoms with Crippen LogP contribution in [0.2, 0.25) is 0 Å². The first kappa shape index (κ1) is 14.4. The van der Waals surface area contributed by atoms with Crippen LogP contribution in [0.5, 0.6) is 0 Å². The molecule has 0 aromatic heterocycles. The fourth-order valence-electron chi connectivity index (χ4n) is 1.29. The second-order valence-corrected chi connectivity index (χ2v) is 4.31. The highest BCUT2D eigenvalue weighted by Crippen LogP contribution is 2.04. The molecule has 0 fully saturated rings. The number of hydrogen-bond donors (Lipinski definition) is 2. The molecule has 0 aliphatic rings. The van der Waals surface area contributed by atoms with E-state index in [-0.39, 0.29) is 18.4 Å². The summed E-state index contributed by atoms with van der Waals surface area (Å²) in [5.41, 5.74) is 5.76. The topological polar surface area (TPSA) is 66.6 Å². The third kappa shape index (κ3) is 5.74. The monoisotopic (exact) mass is 216 g/mol. The first-order valence-corrected chi connectivity index (χ1v) is 5.62. The van der Waals surface area contributed by atoms with E-state index in [9.17, 15) is 4.79 Å². The highest BCUT2D eigenvalue weighted by atomic mass is 16.2. The van der Waals surface area contributed by atoms with Gasteiger partial charge in [-0.3, -0.25) is 4.79 Å². The Labute approximate surface area is 92.4 Å². The Balaban J connectivity index is 3.78. The minimum Gasteiger partial charge on any atom is -0.396 e. The number of nitrogens with zero attached hydrogens (tertiary/aromatic N) is 1. The van der Waals surface area contributed by atoms with Crippen molar-refractivity contribution in [3.05, 3.63) is 0 Å². The molecule has 0 rings (SSSR count). The van der Waals surface area contributed by atoms with E-state index in [4.69, 9.17) is 10.8 Å². The molecule has 0 saturated heterocycles. The molecule has 4 nitrogen and oxygen atoms in total. The van der Waals surface area contributed by atoms with Gasteiger partial charge >= 0.3 is 0 Å². The van der Waals surface area contributed by atoms with Gasteiger partial charge in [-0.2, -0.15) is 0 Å². The summed E-state index contributed by atoms with van der Waals surface area (Å²) in [5, 5.41) is 8.60. The molecule has 0 aliphatic carbocycles. The Morgan fingerprint density at radius 3 is 2.40 bits per heavy atom. The average molecular weight is 216 g/mol. The fraction of sp³-hybridized carbons (Fsp3) is 0.909. The Morgan fingerprint density at radius 2 is 1.93 bits per heavy atom. The molecule has 0 aromatic carbocycles. The second-order valence-electron chi connectivity index (χ2n) is 4.31. The summed E-state index contributed by atoms with van der Waals surface area (Å²) in [7, 11) is 1.78. The van der Waals surface area contributed by atoms with Crippen molar-refractivity contribution in [3.63, 3.8) is 0 Å². The summed E-state index contributed by atoms with van der Waals surface area (Å²) >= 11 is 0. The van der Waals surface area contributed by atoms with E-state index in [1.807, 2.05) is 13.8 Å². The fourth-order valence-corrected chi connectivity index (χ4v) is 1.29. The number of rotatable bonds is 7.